The predicted octanol–water partition coefficient (Wildman–Crippen LogP) is 3.02. The Balaban J connectivity index is 1.76. The topological polar surface area (TPSA) is 133 Å². The zero-order valence-electron chi connectivity index (χ0n) is 28.7. The second kappa shape index (κ2) is 13.7. The fourth-order valence-corrected chi connectivity index (χ4v) is 8.18. The van der Waals surface area contributed by atoms with Crippen LogP contribution in [-0.4, -0.2) is 109 Å². The molecule has 5 aliphatic rings. The number of nitrogens with one attached hydrogen (secondary N) is 1. The zero-order valence-corrected chi connectivity index (χ0v) is 28.7. The summed E-state index contributed by atoms with van der Waals surface area (Å²) in [5.74, 6) is -2.30. The van der Waals surface area contributed by atoms with E-state index >= 15 is 0 Å². The van der Waals surface area contributed by atoms with Crippen LogP contribution in [0.3, 0.4) is 0 Å². The first kappa shape index (κ1) is 36.0. The number of rotatable bonds is 5. The Morgan fingerprint density at radius 2 is 1.84 bits per heavy atom. The standard InChI is InChI=1S/C34H56N2O9/c1-11-22-15-24(36(9)10)27(38)30(42-22)44-29-20(4)28(39)32(6)13-14-41-33(29,7)17-19(3)18-35-21(5)23-16-26(37)45-34(23,8)25(12-2)43-31(32)40/h11,19-25,27,29-30,35,38H,1,12-18H2,2-10H3/t19-,20+,21-,22?,23-,24?,25-,27?,29-,30+,32+,33-,34+/m1/s1. The smallest absolute Gasteiger partial charge is 0.319 e. The van der Waals surface area contributed by atoms with Gasteiger partial charge < -0.3 is 39.0 Å². The molecule has 11 nitrogen and oxygen atoms in total. The maximum atomic E-state index is 14.5. The first-order valence-electron chi connectivity index (χ1n) is 16.6. The molecule has 0 aromatic heterocycles. The summed E-state index contributed by atoms with van der Waals surface area (Å²) >= 11 is 0. The van der Waals surface area contributed by atoms with Crippen LogP contribution in [0.5, 0.6) is 0 Å². The van der Waals surface area contributed by atoms with E-state index in [0.29, 0.717) is 25.8 Å². The van der Waals surface area contributed by atoms with Gasteiger partial charge in [-0.3, -0.25) is 14.4 Å². The fraction of sp³-hybridized carbons (Fsp3) is 0.853. The van der Waals surface area contributed by atoms with Crippen LogP contribution in [0.25, 0.3) is 0 Å². The van der Waals surface area contributed by atoms with Gasteiger partial charge in [0.15, 0.2) is 17.7 Å². The molecule has 5 heterocycles. The van der Waals surface area contributed by atoms with E-state index in [9.17, 15) is 19.5 Å². The van der Waals surface area contributed by atoms with Gasteiger partial charge in [-0.05, 0) is 79.9 Å². The molecule has 5 saturated heterocycles. The quantitative estimate of drug-likeness (QED) is 0.262. The van der Waals surface area contributed by atoms with Crippen molar-refractivity contribution in [3.05, 3.63) is 12.7 Å². The number of Topliss-reactive ketones (excluding diaryl/α,β-unsaturated/α-hetero) is 1. The number of esters is 2. The Labute approximate surface area is 268 Å². The van der Waals surface area contributed by atoms with Crippen LogP contribution in [0.1, 0.15) is 80.6 Å². The lowest BCUT2D eigenvalue weighted by Gasteiger charge is -2.49. The van der Waals surface area contributed by atoms with Gasteiger partial charge in [-0.15, -0.1) is 6.58 Å². The third kappa shape index (κ3) is 6.90. The minimum Gasteiger partial charge on any atom is -0.457 e. The molecular weight excluding hydrogens is 580 g/mol. The van der Waals surface area contributed by atoms with Crippen molar-refractivity contribution in [2.24, 2.45) is 23.2 Å². The Kier molecular flexibility index (Phi) is 10.9. The summed E-state index contributed by atoms with van der Waals surface area (Å²) in [5.41, 5.74) is -3.56. The molecule has 3 unspecified atom stereocenters. The molecule has 0 aliphatic carbocycles. The van der Waals surface area contributed by atoms with Crippen LogP contribution in [0.15, 0.2) is 12.7 Å². The minimum absolute atomic E-state index is 0.0681. The van der Waals surface area contributed by atoms with E-state index < -0.39 is 53.1 Å². The molecule has 0 aromatic rings. The molecule has 2 bridgehead atoms. The molecule has 0 spiro atoms. The molecule has 0 amide bonds. The van der Waals surface area contributed by atoms with Crippen molar-refractivity contribution < 1.29 is 43.2 Å². The summed E-state index contributed by atoms with van der Waals surface area (Å²) in [6.45, 7) is 17.8. The van der Waals surface area contributed by atoms with Crippen molar-refractivity contribution in [2.45, 2.75) is 135 Å². The van der Waals surface area contributed by atoms with E-state index in [1.165, 1.54) is 0 Å². The highest BCUT2D eigenvalue weighted by Crippen LogP contribution is 2.45. The summed E-state index contributed by atoms with van der Waals surface area (Å²) in [5, 5.41) is 15.0. The number of hydrogen-bond acceptors (Lipinski definition) is 11. The van der Waals surface area contributed by atoms with Crippen LogP contribution >= 0.6 is 0 Å². The van der Waals surface area contributed by atoms with Gasteiger partial charge in [0.1, 0.15) is 17.6 Å². The first-order chi connectivity index (χ1) is 21.0. The normalized spacial score (nSPS) is 46.9. The highest BCUT2D eigenvalue weighted by molar-refractivity contribution is 6.04. The largest absolute Gasteiger partial charge is 0.457 e. The monoisotopic (exact) mass is 636 g/mol. The van der Waals surface area contributed by atoms with Gasteiger partial charge >= 0.3 is 11.9 Å². The maximum absolute atomic E-state index is 14.5. The Bertz CT molecular complexity index is 1120. The van der Waals surface area contributed by atoms with Crippen molar-refractivity contribution in [1.29, 1.82) is 0 Å². The Morgan fingerprint density at radius 3 is 2.47 bits per heavy atom. The second-order valence-corrected chi connectivity index (χ2v) is 14.8. The zero-order chi connectivity index (χ0) is 33.5. The van der Waals surface area contributed by atoms with Crippen molar-refractivity contribution in [2.75, 3.05) is 27.2 Å². The van der Waals surface area contributed by atoms with Gasteiger partial charge in [-0.1, -0.05) is 26.8 Å². The van der Waals surface area contributed by atoms with Crippen molar-refractivity contribution in [1.82, 2.24) is 10.2 Å². The maximum Gasteiger partial charge on any atom is 0.319 e. The molecule has 13 atom stereocenters. The molecule has 45 heavy (non-hydrogen) atoms. The lowest BCUT2D eigenvalue weighted by atomic mass is 9.70. The molecule has 5 fully saturated rings. The van der Waals surface area contributed by atoms with Crippen LogP contribution in [0, 0.1) is 23.2 Å². The summed E-state index contributed by atoms with van der Waals surface area (Å²) in [6, 6.07) is -0.381. The second-order valence-electron chi connectivity index (χ2n) is 14.8. The van der Waals surface area contributed by atoms with Crippen LogP contribution in [-0.2, 0) is 38.1 Å². The van der Waals surface area contributed by atoms with E-state index in [1.807, 2.05) is 46.7 Å². The van der Waals surface area contributed by atoms with Crippen LogP contribution in [0.2, 0.25) is 0 Å². The molecule has 11 heteroatoms. The van der Waals surface area contributed by atoms with E-state index in [0.717, 1.165) is 0 Å². The number of aliphatic hydroxyl groups is 1. The Morgan fingerprint density at radius 1 is 1.16 bits per heavy atom. The lowest BCUT2D eigenvalue weighted by Crippen LogP contribution is -2.61. The first-order valence-corrected chi connectivity index (χ1v) is 16.6. The van der Waals surface area contributed by atoms with Gasteiger partial charge in [-0.2, -0.15) is 0 Å². The van der Waals surface area contributed by atoms with E-state index in [4.69, 9.17) is 23.7 Å². The van der Waals surface area contributed by atoms with Gasteiger partial charge in [-0.25, -0.2) is 0 Å². The van der Waals surface area contributed by atoms with E-state index in [-0.39, 0.29) is 61.2 Å². The molecule has 5 rings (SSSR count). The number of ketones is 1. The molecule has 0 radical (unpaired) electrons. The van der Waals surface area contributed by atoms with Crippen LogP contribution in [0.4, 0.5) is 0 Å². The minimum atomic E-state index is -1.54. The van der Waals surface area contributed by atoms with Gasteiger partial charge in [0.05, 0.1) is 24.2 Å². The average Bonchev–Trinajstić information content (AvgIpc) is 3.30. The van der Waals surface area contributed by atoms with Gasteiger partial charge in [0.25, 0.3) is 0 Å². The number of hydrogen-bond donors (Lipinski definition) is 2. The van der Waals surface area contributed by atoms with Gasteiger partial charge in [0.2, 0.25) is 0 Å². The number of likely N-dealkylation sites (N-methyl/N-ethyl adjacent to an activating group) is 1. The highest BCUT2D eigenvalue weighted by atomic mass is 16.7. The molecular formula is C34H56N2O9. The number of carbonyl (C=O) groups excluding carboxylic acids is 3. The number of carbonyl (C=O) groups is 3. The molecule has 5 aliphatic heterocycles. The third-order valence-corrected chi connectivity index (χ3v) is 11.0. The predicted molar refractivity (Wildman–Crippen MR) is 167 cm³/mol. The molecule has 2 N–H and O–H groups in total. The summed E-state index contributed by atoms with van der Waals surface area (Å²) in [7, 11) is 3.79. The van der Waals surface area contributed by atoms with Crippen LogP contribution < -0.4 is 5.32 Å². The highest BCUT2D eigenvalue weighted by Gasteiger charge is 2.58. The molecule has 0 saturated carbocycles. The molecule has 0 aromatic carbocycles. The lowest BCUT2D eigenvalue weighted by molar-refractivity contribution is -0.296. The third-order valence-electron chi connectivity index (χ3n) is 11.0. The van der Waals surface area contributed by atoms with Crippen molar-refractivity contribution in [3.8, 4) is 0 Å². The Hall–Kier alpha value is -1.89. The number of nitrogens with zero attached hydrogens (tertiary/aromatic N) is 1. The van der Waals surface area contributed by atoms with E-state index in [2.05, 4.69) is 18.8 Å². The van der Waals surface area contributed by atoms with Crippen molar-refractivity contribution in [3.63, 3.8) is 0 Å². The van der Waals surface area contributed by atoms with E-state index in [1.54, 1.807) is 19.9 Å². The van der Waals surface area contributed by atoms with Crippen molar-refractivity contribution >= 4 is 17.7 Å². The summed E-state index contributed by atoms with van der Waals surface area (Å²) < 4.78 is 31.6. The number of fused-ring (bicyclic) bond motifs is 10. The SMILES string of the molecule is C=CC1CC(N(C)C)C(O)[C@H](O[C@@H]2[C@@H](C)C(=O)[C@]3(C)CCO[C@]2(C)C[C@@H](C)CN[C@H](C)[C@H]2CC(=O)O[C@]2(C)[C@@H](CC)OC3=O)O1. The number of ether oxygens (including phenoxy) is 5. The fourth-order valence-electron chi connectivity index (χ4n) is 8.18. The average molecular weight is 637 g/mol. The van der Waals surface area contributed by atoms with Gasteiger partial charge in [0, 0.05) is 30.5 Å². The number of aliphatic hydroxyl groups excluding tert-OH is 1. The summed E-state index contributed by atoms with van der Waals surface area (Å²) in [6.07, 6.45) is -0.499. The summed E-state index contributed by atoms with van der Waals surface area (Å²) in [4.78, 5) is 43.2. The molecule has 256 valence electrons.